The van der Waals surface area contributed by atoms with E-state index in [2.05, 4.69) is 34.0 Å². The second kappa shape index (κ2) is 8.61. The van der Waals surface area contributed by atoms with Crippen molar-refractivity contribution in [1.82, 2.24) is 14.9 Å². The van der Waals surface area contributed by atoms with E-state index in [0.717, 1.165) is 41.4 Å². The number of rotatable bonds is 8. The van der Waals surface area contributed by atoms with Crippen LogP contribution in [0.2, 0.25) is 0 Å². The van der Waals surface area contributed by atoms with E-state index in [1.807, 2.05) is 19.4 Å². The summed E-state index contributed by atoms with van der Waals surface area (Å²) in [5.41, 5.74) is 0. The van der Waals surface area contributed by atoms with Crippen LogP contribution in [0.5, 0.6) is 0 Å². The fourth-order valence-corrected chi connectivity index (χ4v) is 2.86. The van der Waals surface area contributed by atoms with E-state index in [1.54, 1.807) is 23.5 Å². The predicted octanol–water partition coefficient (Wildman–Crippen LogP) is 2.67. The Balaban J connectivity index is 2.55. The lowest BCUT2D eigenvalue weighted by atomic mass is 10.5. The molecule has 102 valence electrons. The van der Waals surface area contributed by atoms with Crippen LogP contribution in [0.4, 0.5) is 5.82 Å². The van der Waals surface area contributed by atoms with Crippen molar-refractivity contribution in [2.24, 2.45) is 0 Å². The summed E-state index contributed by atoms with van der Waals surface area (Å²) in [5.74, 6) is 1.95. The molecule has 1 N–H and O–H groups in total. The number of anilines is 1. The highest BCUT2D eigenvalue weighted by molar-refractivity contribution is 7.99. The maximum absolute atomic E-state index is 4.50. The van der Waals surface area contributed by atoms with Gasteiger partial charge in [-0.25, -0.2) is 9.97 Å². The van der Waals surface area contributed by atoms with Gasteiger partial charge in [-0.3, -0.25) is 0 Å². The lowest BCUT2D eigenvalue weighted by molar-refractivity contribution is 0.324. The van der Waals surface area contributed by atoms with E-state index in [0.29, 0.717) is 0 Å². The van der Waals surface area contributed by atoms with Crippen LogP contribution < -0.4 is 5.32 Å². The van der Waals surface area contributed by atoms with Gasteiger partial charge in [0.25, 0.3) is 0 Å². The molecule has 0 aliphatic heterocycles. The largest absolute Gasteiger partial charge is 0.373 e. The quantitative estimate of drug-likeness (QED) is 0.450. The molecule has 0 aromatic carbocycles. The zero-order valence-corrected chi connectivity index (χ0v) is 13.2. The van der Waals surface area contributed by atoms with Crippen LogP contribution in [0.25, 0.3) is 0 Å². The number of hydrogen-bond acceptors (Lipinski definition) is 6. The Morgan fingerprint density at radius 3 is 2.56 bits per heavy atom. The SMILES string of the molecule is CCN(CC)CCSc1cc(NC)nc(SC)n1. The average molecular weight is 286 g/mol. The summed E-state index contributed by atoms with van der Waals surface area (Å²) < 4.78 is 0. The second-order valence-corrected chi connectivity index (χ2v) is 5.59. The Hall–Kier alpha value is -0.460. The normalized spacial score (nSPS) is 10.9. The third-order valence-corrected chi connectivity index (χ3v) is 4.11. The Labute approximate surface area is 118 Å². The Bertz CT molecular complexity index is 334. The first-order valence-electron chi connectivity index (χ1n) is 6.19. The van der Waals surface area contributed by atoms with Crippen molar-refractivity contribution in [2.45, 2.75) is 24.0 Å². The van der Waals surface area contributed by atoms with E-state index < -0.39 is 0 Å². The van der Waals surface area contributed by atoms with Crippen molar-refractivity contribution < 1.29 is 0 Å². The molecule has 0 spiro atoms. The number of thioether (sulfide) groups is 2. The van der Waals surface area contributed by atoms with Crippen LogP contribution in [0.1, 0.15) is 13.8 Å². The molecule has 0 saturated heterocycles. The summed E-state index contributed by atoms with van der Waals surface area (Å²) in [7, 11) is 1.89. The molecule has 6 heteroatoms. The van der Waals surface area contributed by atoms with Gasteiger partial charge in [0.15, 0.2) is 5.16 Å². The maximum Gasteiger partial charge on any atom is 0.190 e. The smallest absolute Gasteiger partial charge is 0.190 e. The van der Waals surface area contributed by atoms with Crippen LogP contribution >= 0.6 is 23.5 Å². The van der Waals surface area contributed by atoms with Crippen LogP contribution in [0.3, 0.4) is 0 Å². The van der Waals surface area contributed by atoms with E-state index >= 15 is 0 Å². The predicted molar refractivity (Wildman–Crippen MR) is 81.9 cm³/mol. The number of hydrogen-bond donors (Lipinski definition) is 1. The summed E-state index contributed by atoms with van der Waals surface area (Å²) in [6, 6.07) is 2.01. The molecule has 0 amide bonds. The van der Waals surface area contributed by atoms with E-state index in [1.165, 1.54) is 0 Å². The van der Waals surface area contributed by atoms with Crippen molar-refractivity contribution in [3.8, 4) is 0 Å². The molecule has 0 saturated carbocycles. The van der Waals surface area contributed by atoms with Gasteiger partial charge in [0.1, 0.15) is 10.8 Å². The molecule has 4 nitrogen and oxygen atoms in total. The monoisotopic (exact) mass is 286 g/mol. The topological polar surface area (TPSA) is 41.0 Å². The van der Waals surface area contributed by atoms with Crippen molar-refractivity contribution in [3.63, 3.8) is 0 Å². The van der Waals surface area contributed by atoms with Gasteiger partial charge < -0.3 is 10.2 Å². The molecule has 0 aliphatic rings. The highest BCUT2D eigenvalue weighted by atomic mass is 32.2. The molecule has 18 heavy (non-hydrogen) atoms. The Kier molecular flexibility index (Phi) is 7.46. The van der Waals surface area contributed by atoms with Crippen molar-refractivity contribution in [3.05, 3.63) is 6.07 Å². The maximum atomic E-state index is 4.50. The Morgan fingerprint density at radius 1 is 1.28 bits per heavy atom. The van der Waals surface area contributed by atoms with Crippen LogP contribution in [-0.2, 0) is 0 Å². The Morgan fingerprint density at radius 2 is 2.00 bits per heavy atom. The lowest BCUT2D eigenvalue weighted by Crippen LogP contribution is -2.25. The van der Waals surface area contributed by atoms with Gasteiger partial charge in [0, 0.05) is 25.4 Å². The van der Waals surface area contributed by atoms with Gasteiger partial charge in [0.05, 0.1) is 0 Å². The molecular weight excluding hydrogens is 264 g/mol. The molecule has 0 unspecified atom stereocenters. The lowest BCUT2D eigenvalue weighted by Gasteiger charge is -2.17. The number of nitrogens with one attached hydrogen (secondary N) is 1. The van der Waals surface area contributed by atoms with Crippen molar-refractivity contribution in [1.29, 1.82) is 0 Å². The van der Waals surface area contributed by atoms with Gasteiger partial charge >= 0.3 is 0 Å². The minimum Gasteiger partial charge on any atom is -0.373 e. The summed E-state index contributed by atoms with van der Waals surface area (Å²) in [4.78, 5) is 11.3. The van der Waals surface area contributed by atoms with Gasteiger partial charge in [-0.05, 0) is 19.3 Å². The third kappa shape index (κ3) is 5.04. The highest BCUT2D eigenvalue weighted by Crippen LogP contribution is 2.21. The zero-order chi connectivity index (χ0) is 13.4. The first-order valence-corrected chi connectivity index (χ1v) is 8.40. The first kappa shape index (κ1) is 15.6. The fraction of sp³-hybridized carbons (Fsp3) is 0.667. The van der Waals surface area contributed by atoms with Gasteiger partial charge in [-0.15, -0.1) is 11.8 Å². The summed E-state index contributed by atoms with van der Waals surface area (Å²) >= 11 is 3.37. The van der Waals surface area contributed by atoms with Crippen molar-refractivity contribution in [2.75, 3.05) is 44.0 Å². The molecule has 0 fully saturated rings. The van der Waals surface area contributed by atoms with Crippen molar-refractivity contribution >= 4 is 29.3 Å². The summed E-state index contributed by atoms with van der Waals surface area (Å²) in [6.07, 6.45) is 2.00. The molecular formula is C12H22N4S2. The standard InChI is InChI=1S/C12H22N4S2/c1-5-16(6-2)7-8-18-11-9-10(13-3)14-12(15-11)17-4/h9H,5-8H2,1-4H3,(H,13,14,15). The molecule has 1 heterocycles. The van der Waals surface area contributed by atoms with Crippen LogP contribution in [0.15, 0.2) is 16.2 Å². The minimum absolute atomic E-state index is 0.826. The second-order valence-electron chi connectivity index (χ2n) is 3.70. The van der Waals surface area contributed by atoms with Crippen LogP contribution in [-0.4, -0.2) is 53.6 Å². The van der Waals surface area contributed by atoms with Gasteiger partial charge in [-0.2, -0.15) is 0 Å². The number of nitrogens with zero attached hydrogens (tertiary/aromatic N) is 3. The first-order chi connectivity index (χ1) is 8.73. The molecule has 1 rings (SSSR count). The molecule has 0 bridgehead atoms. The molecule has 1 aromatic rings. The minimum atomic E-state index is 0.826. The zero-order valence-electron chi connectivity index (χ0n) is 11.6. The highest BCUT2D eigenvalue weighted by Gasteiger charge is 2.05. The molecule has 0 aliphatic carbocycles. The molecule has 0 radical (unpaired) electrons. The van der Waals surface area contributed by atoms with Gasteiger partial charge in [-0.1, -0.05) is 25.6 Å². The van der Waals surface area contributed by atoms with Crippen LogP contribution in [0, 0.1) is 0 Å². The molecule has 1 aromatic heterocycles. The van der Waals surface area contributed by atoms with E-state index in [4.69, 9.17) is 0 Å². The fourth-order valence-electron chi connectivity index (χ4n) is 1.52. The summed E-state index contributed by atoms with van der Waals surface area (Å²) in [6.45, 7) is 7.72. The average Bonchev–Trinajstić information content (AvgIpc) is 2.43. The number of aromatic nitrogens is 2. The summed E-state index contributed by atoms with van der Waals surface area (Å²) in [5, 5.41) is 4.95. The van der Waals surface area contributed by atoms with E-state index in [-0.39, 0.29) is 0 Å². The van der Waals surface area contributed by atoms with Gasteiger partial charge in [0.2, 0.25) is 0 Å². The third-order valence-electron chi connectivity index (χ3n) is 2.67. The van der Waals surface area contributed by atoms with E-state index in [9.17, 15) is 0 Å². The molecule has 0 atom stereocenters.